The van der Waals surface area contributed by atoms with Gasteiger partial charge < -0.3 is 10.5 Å². The van der Waals surface area contributed by atoms with Crippen molar-refractivity contribution in [3.63, 3.8) is 0 Å². The molecule has 2 aromatic rings. The smallest absolute Gasteiger partial charge is 0.162 e. The molecule has 1 atom stereocenters. The maximum Gasteiger partial charge on any atom is 0.162 e. The van der Waals surface area contributed by atoms with Crippen molar-refractivity contribution in [1.29, 1.82) is 0 Å². The van der Waals surface area contributed by atoms with Crippen molar-refractivity contribution in [1.82, 2.24) is 19.7 Å². The standard InChI is InChI=1S/C11H15N5O/c1-7-4-13-11(14-5-7)9(12)10-8(17-3)6-15-16(10)2/h4-6,9H,12H2,1-3H3. The van der Waals surface area contributed by atoms with Crippen LogP contribution in [0.15, 0.2) is 18.6 Å². The Morgan fingerprint density at radius 2 is 1.94 bits per heavy atom. The summed E-state index contributed by atoms with van der Waals surface area (Å²) < 4.78 is 6.89. The van der Waals surface area contributed by atoms with Gasteiger partial charge in [0.05, 0.1) is 13.3 Å². The van der Waals surface area contributed by atoms with Crippen LogP contribution in [-0.2, 0) is 7.05 Å². The van der Waals surface area contributed by atoms with E-state index in [0.717, 1.165) is 11.3 Å². The Morgan fingerprint density at radius 1 is 1.29 bits per heavy atom. The Kier molecular flexibility index (Phi) is 3.06. The summed E-state index contributed by atoms with van der Waals surface area (Å²) in [6.07, 6.45) is 5.11. The highest BCUT2D eigenvalue weighted by molar-refractivity contribution is 5.31. The molecule has 0 fully saturated rings. The number of nitrogens with two attached hydrogens (primary N) is 1. The second-order valence-corrected chi connectivity index (χ2v) is 3.82. The highest BCUT2D eigenvalue weighted by Gasteiger charge is 2.20. The first-order valence-electron chi connectivity index (χ1n) is 5.23. The number of rotatable bonds is 3. The number of methoxy groups -OCH3 is 1. The van der Waals surface area contributed by atoms with Crippen LogP contribution in [0, 0.1) is 6.92 Å². The molecule has 1 unspecified atom stereocenters. The molecule has 17 heavy (non-hydrogen) atoms. The molecule has 2 rings (SSSR count). The summed E-state index contributed by atoms with van der Waals surface area (Å²) in [5.41, 5.74) is 7.88. The molecule has 0 radical (unpaired) electrons. The van der Waals surface area contributed by atoms with Gasteiger partial charge in [-0.3, -0.25) is 4.68 Å². The molecular formula is C11H15N5O. The highest BCUT2D eigenvalue weighted by Crippen LogP contribution is 2.25. The normalized spacial score (nSPS) is 12.5. The van der Waals surface area contributed by atoms with Crippen LogP contribution >= 0.6 is 0 Å². The molecule has 0 amide bonds. The minimum Gasteiger partial charge on any atom is -0.493 e. The van der Waals surface area contributed by atoms with Crippen LogP contribution in [0.3, 0.4) is 0 Å². The summed E-state index contributed by atoms with van der Waals surface area (Å²) >= 11 is 0. The molecule has 0 saturated heterocycles. The maximum atomic E-state index is 6.12. The predicted octanol–water partition coefficient (Wildman–Crippen LogP) is 0.575. The van der Waals surface area contributed by atoms with E-state index in [1.165, 1.54) is 0 Å². The lowest BCUT2D eigenvalue weighted by molar-refractivity contribution is 0.405. The fraction of sp³-hybridized carbons (Fsp3) is 0.364. The number of aromatic nitrogens is 4. The Morgan fingerprint density at radius 3 is 2.53 bits per heavy atom. The van der Waals surface area contributed by atoms with Crippen molar-refractivity contribution in [2.75, 3.05) is 7.11 Å². The van der Waals surface area contributed by atoms with Crippen molar-refractivity contribution < 1.29 is 4.74 Å². The van der Waals surface area contributed by atoms with E-state index in [0.29, 0.717) is 11.6 Å². The molecule has 2 N–H and O–H groups in total. The van der Waals surface area contributed by atoms with Crippen LogP contribution in [-0.4, -0.2) is 26.9 Å². The molecule has 90 valence electrons. The van der Waals surface area contributed by atoms with Gasteiger partial charge in [-0.05, 0) is 12.5 Å². The number of hydrogen-bond acceptors (Lipinski definition) is 5. The zero-order chi connectivity index (χ0) is 12.4. The maximum absolute atomic E-state index is 6.12. The van der Waals surface area contributed by atoms with E-state index in [2.05, 4.69) is 15.1 Å². The number of ether oxygens (including phenoxy) is 1. The first-order chi connectivity index (χ1) is 8.13. The lowest BCUT2D eigenvalue weighted by Gasteiger charge is -2.12. The molecule has 0 bridgehead atoms. The first-order valence-corrected chi connectivity index (χ1v) is 5.23. The summed E-state index contributed by atoms with van der Waals surface area (Å²) in [4.78, 5) is 8.44. The molecule has 6 nitrogen and oxygen atoms in total. The third-order valence-corrected chi connectivity index (χ3v) is 2.54. The number of aryl methyl sites for hydroxylation is 2. The van der Waals surface area contributed by atoms with Crippen LogP contribution in [0.2, 0.25) is 0 Å². The number of hydrogen-bond donors (Lipinski definition) is 1. The van der Waals surface area contributed by atoms with Gasteiger partial charge in [-0.25, -0.2) is 9.97 Å². The van der Waals surface area contributed by atoms with E-state index >= 15 is 0 Å². The first kappa shape index (κ1) is 11.5. The van der Waals surface area contributed by atoms with Crippen LogP contribution < -0.4 is 10.5 Å². The molecule has 0 aromatic carbocycles. The van der Waals surface area contributed by atoms with Gasteiger partial charge in [-0.2, -0.15) is 5.10 Å². The van der Waals surface area contributed by atoms with Gasteiger partial charge in [0.15, 0.2) is 11.6 Å². The Balaban J connectivity index is 2.39. The van der Waals surface area contributed by atoms with E-state index in [4.69, 9.17) is 10.5 Å². The van der Waals surface area contributed by atoms with Gasteiger partial charge >= 0.3 is 0 Å². The van der Waals surface area contributed by atoms with Crippen LogP contribution in [0.4, 0.5) is 0 Å². The third-order valence-electron chi connectivity index (χ3n) is 2.54. The summed E-state index contributed by atoms with van der Waals surface area (Å²) in [6.45, 7) is 1.93. The van der Waals surface area contributed by atoms with Crippen LogP contribution in [0.1, 0.15) is 23.1 Å². The molecule has 0 saturated carbocycles. The zero-order valence-electron chi connectivity index (χ0n) is 10.1. The van der Waals surface area contributed by atoms with Crippen molar-refractivity contribution in [3.8, 4) is 5.75 Å². The summed E-state index contributed by atoms with van der Waals surface area (Å²) in [5, 5.41) is 4.11. The van der Waals surface area contributed by atoms with Crippen molar-refractivity contribution >= 4 is 0 Å². The second-order valence-electron chi connectivity index (χ2n) is 3.82. The second kappa shape index (κ2) is 4.50. The minimum atomic E-state index is -0.446. The summed E-state index contributed by atoms with van der Waals surface area (Å²) in [6, 6.07) is -0.446. The van der Waals surface area contributed by atoms with Crippen molar-refractivity contribution in [2.24, 2.45) is 12.8 Å². The topological polar surface area (TPSA) is 78.9 Å². The Bertz CT molecular complexity index is 505. The Hall–Kier alpha value is -1.95. The van der Waals surface area contributed by atoms with Crippen molar-refractivity contribution in [2.45, 2.75) is 13.0 Å². The SMILES string of the molecule is COc1cnn(C)c1C(N)c1ncc(C)cn1. The largest absolute Gasteiger partial charge is 0.493 e. The average molecular weight is 233 g/mol. The number of nitrogens with zero attached hydrogens (tertiary/aromatic N) is 4. The van der Waals surface area contributed by atoms with Crippen LogP contribution in [0.25, 0.3) is 0 Å². The predicted molar refractivity (Wildman–Crippen MR) is 62.6 cm³/mol. The molecule has 0 aliphatic carbocycles. The van der Waals surface area contributed by atoms with Gasteiger partial charge in [-0.15, -0.1) is 0 Å². The van der Waals surface area contributed by atoms with Gasteiger partial charge in [0, 0.05) is 19.4 Å². The molecule has 0 aliphatic heterocycles. The van der Waals surface area contributed by atoms with E-state index < -0.39 is 6.04 Å². The lowest BCUT2D eigenvalue weighted by atomic mass is 10.2. The molecule has 0 aliphatic rings. The highest BCUT2D eigenvalue weighted by atomic mass is 16.5. The zero-order valence-corrected chi connectivity index (χ0v) is 10.1. The van der Waals surface area contributed by atoms with E-state index in [9.17, 15) is 0 Å². The average Bonchev–Trinajstić information content (AvgIpc) is 2.70. The lowest BCUT2D eigenvalue weighted by Crippen LogP contribution is -2.19. The van der Waals surface area contributed by atoms with E-state index in [1.54, 1.807) is 30.4 Å². The molecular weight excluding hydrogens is 218 g/mol. The third kappa shape index (κ3) is 2.12. The molecule has 0 spiro atoms. The molecule has 2 heterocycles. The minimum absolute atomic E-state index is 0.446. The van der Waals surface area contributed by atoms with Crippen molar-refractivity contribution in [3.05, 3.63) is 35.7 Å². The summed E-state index contributed by atoms with van der Waals surface area (Å²) in [5.74, 6) is 1.20. The van der Waals surface area contributed by atoms with Gasteiger partial charge in [0.1, 0.15) is 11.7 Å². The van der Waals surface area contributed by atoms with Gasteiger partial charge in [0.25, 0.3) is 0 Å². The summed E-state index contributed by atoms with van der Waals surface area (Å²) in [7, 11) is 3.40. The van der Waals surface area contributed by atoms with E-state index in [-0.39, 0.29) is 0 Å². The molecule has 2 aromatic heterocycles. The van der Waals surface area contributed by atoms with E-state index in [1.807, 2.05) is 14.0 Å². The van der Waals surface area contributed by atoms with Gasteiger partial charge in [-0.1, -0.05) is 0 Å². The fourth-order valence-electron chi connectivity index (χ4n) is 1.62. The molecule has 6 heteroatoms. The monoisotopic (exact) mass is 233 g/mol. The fourth-order valence-corrected chi connectivity index (χ4v) is 1.62. The van der Waals surface area contributed by atoms with Gasteiger partial charge in [0.2, 0.25) is 0 Å². The quantitative estimate of drug-likeness (QED) is 0.838. The van der Waals surface area contributed by atoms with Crippen LogP contribution in [0.5, 0.6) is 5.75 Å². The Labute approximate surface area is 99.4 Å².